The van der Waals surface area contributed by atoms with E-state index in [1.807, 2.05) is 7.05 Å². The molecule has 0 bridgehead atoms. The first-order valence-electron chi connectivity index (χ1n) is 9.39. The number of benzene rings is 1. The fourth-order valence-corrected chi connectivity index (χ4v) is 5.51. The summed E-state index contributed by atoms with van der Waals surface area (Å²) in [4.78, 5) is 14.7. The number of carbonyl (C=O) groups is 1. The highest BCUT2D eigenvalue weighted by Crippen LogP contribution is 2.28. The third-order valence-corrected chi connectivity index (χ3v) is 7.73. The fourth-order valence-electron chi connectivity index (χ4n) is 3.55. The van der Waals surface area contributed by atoms with Gasteiger partial charge >= 0.3 is 0 Å². The van der Waals surface area contributed by atoms with Gasteiger partial charge in [-0.25, -0.2) is 8.42 Å². The number of amides is 1. The summed E-state index contributed by atoms with van der Waals surface area (Å²) in [7, 11) is -1.90. The van der Waals surface area contributed by atoms with E-state index in [4.69, 9.17) is 11.6 Å². The van der Waals surface area contributed by atoms with Crippen molar-refractivity contribution in [2.75, 3.05) is 20.1 Å². The molecule has 7 heteroatoms. The lowest BCUT2D eigenvalue weighted by molar-refractivity contribution is 0.0717. The molecule has 0 saturated heterocycles. The molecule has 1 fully saturated rings. The van der Waals surface area contributed by atoms with Gasteiger partial charge in [-0.3, -0.25) is 4.79 Å². The van der Waals surface area contributed by atoms with Crippen LogP contribution in [0.3, 0.4) is 0 Å². The number of halogens is 1. The highest BCUT2D eigenvalue weighted by Gasteiger charge is 2.27. The summed E-state index contributed by atoms with van der Waals surface area (Å²) < 4.78 is 27.0. The van der Waals surface area contributed by atoms with E-state index < -0.39 is 10.0 Å². The van der Waals surface area contributed by atoms with E-state index in [1.165, 1.54) is 29.3 Å². The predicted octanol–water partition coefficient (Wildman–Crippen LogP) is 4.17. The van der Waals surface area contributed by atoms with Crippen LogP contribution in [-0.4, -0.2) is 49.7 Å². The fraction of sp³-hybridized carbons (Fsp3) is 0.632. The van der Waals surface area contributed by atoms with Crippen LogP contribution in [0, 0.1) is 0 Å². The van der Waals surface area contributed by atoms with Gasteiger partial charge in [-0.1, -0.05) is 51.1 Å². The molecule has 0 N–H and O–H groups in total. The number of hydrogen-bond acceptors (Lipinski definition) is 3. The highest BCUT2D eigenvalue weighted by atomic mass is 35.5. The lowest BCUT2D eigenvalue weighted by atomic mass is 10.1. The molecule has 146 valence electrons. The van der Waals surface area contributed by atoms with Gasteiger partial charge in [0.25, 0.3) is 5.91 Å². The van der Waals surface area contributed by atoms with Crippen LogP contribution in [0.4, 0.5) is 0 Å². The minimum Gasteiger partial charge on any atom is -0.339 e. The Bertz CT molecular complexity index is 724. The molecule has 0 unspecified atom stereocenters. The zero-order chi connectivity index (χ0) is 19.3. The molecule has 26 heavy (non-hydrogen) atoms. The summed E-state index contributed by atoms with van der Waals surface area (Å²) in [5.74, 6) is -0.149. The van der Waals surface area contributed by atoms with Crippen molar-refractivity contribution in [3.63, 3.8) is 0 Å². The molecular weight excluding hydrogens is 372 g/mol. The molecule has 0 aromatic heterocycles. The summed E-state index contributed by atoms with van der Waals surface area (Å²) in [5, 5.41) is 0.144. The maximum Gasteiger partial charge on any atom is 0.253 e. The van der Waals surface area contributed by atoms with Gasteiger partial charge in [0.1, 0.15) is 4.90 Å². The Morgan fingerprint density at radius 1 is 1.12 bits per heavy atom. The van der Waals surface area contributed by atoms with Crippen molar-refractivity contribution >= 4 is 27.5 Å². The first-order chi connectivity index (χ1) is 12.3. The second-order valence-electron chi connectivity index (χ2n) is 6.80. The summed E-state index contributed by atoms with van der Waals surface area (Å²) in [6.07, 6.45) is 6.69. The summed E-state index contributed by atoms with van der Waals surface area (Å²) >= 11 is 6.16. The van der Waals surface area contributed by atoms with E-state index >= 15 is 0 Å². The van der Waals surface area contributed by atoms with Gasteiger partial charge in [0.15, 0.2) is 0 Å². The van der Waals surface area contributed by atoms with E-state index in [-0.39, 0.29) is 21.9 Å². The van der Waals surface area contributed by atoms with Gasteiger partial charge in [-0.15, -0.1) is 0 Å². The Kier molecular flexibility index (Phi) is 7.50. The second-order valence-corrected chi connectivity index (χ2v) is 9.11. The van der Waals surface area contributed by atoms with Gasteiger partial charge in [-0.05, 0) is 31.0 Å². The largest absolute Gasteiger partial charge is 0.339 e. The number of hydrogen-bond donors (Lipinski definition) is 0. The predicted molar refractivity (Wildman–Crippen MR) is 105 cm³/mol. The molecular formula is C19H29ClN2O3S. The number of nitrogens with zero attached hydrogens (tertiary/aromatic N) is 2. The van der Waals surface area contributed by atoms with Crippen LogP contribution >= 0.6 is 11.6 Å². The minimum atomic E-state index is -3.71. The van der Waals surface area contributed by atoms with E-state index in [2.05, 4.69) is 0 Å². The Balaban J connectivity index is 2.32. The molecule has 1 aliphatic carbocycles. The second kappa shape index (κ2) is 9.20. The third-order valence-electron chi connectivity index (χ3n) is 5.19. The zero-order valence-corrected chi connectivity index (χ0v) is 17.4. The van der Waals surface area contributed by atoms with Gasteiger partial charge in [0, 0.05) is 31.7 Å². The van der Waals surface area contributed by atoms with Crippen molar-refractivity contribution in [1.29, 1.82) is 0 Å². The molecule has 0 spiro atoms. The zero-order valence-electron chi connectivity index (χ0n) is 15.9. The molecule has 0 radical (unpaired) electrons. The molecule has 1 aliphatic rings. The number of carbonyl (C=O) groups excluding carboxylic acids is 1. The van der Waals surface area contributed by atoms with Crippen LogP contribution < -0.4 is 0 Å². The van der Waals surface area contributed by atoms with Crippen molar-refractivity contribution in [3.8, 4) is 0 Å². The van der Waals surface area contributed by atoms with Gasteiger partial charge in [0.05, 0.1) is 5.02 Å². The molecule has 0 aliphatic heterocycles. The molecule has 1 aromatic carbocycles. The van der Waals surface area contributed by atoms with E-state index in [1.54, 1.807) is 24.8 Å². The smallest absolute Gasteiger partial charge is 0.253 e. The maximum absolute atomic E-state index is 12.9. The standard InChI is InChI=1S/C19H29ClN2O3S/c1-4-22(5-2)26(24,25)18-14-15(12-13-17(18)20)19(23)21(3)16-10-8-6-7-9-11-16/h12-14,16H,4-11H2,1-3H3. The lowest BCUT2D eigenvalue weighted by Gasteiger charge is -2.27. The molecule has 1 amide bonds. The lowest BCUT2D eigenvalue weighted by Crippen LogP contribution is -2.37. The van der Waals surface area contributed by atoms with Crippen molar-refractivity contribution in [2.24, 2.45) is 0 Å². The van der Waals surface area contributed by atoms with Crippen molar-refractivity contribution < 1.29 is 13.2 Å². The minimum absolute atomic E-state index is 0.00276. The first kappa shape index (κ1) is 21.2. The van der Waals surface area contributed by atoms with E-state index in [0.29, 0.717) is 18.7 Å². The topological polar surface area (TPSA) is 57.7 Å². The van der Waals surface area contributed by atoms with Gasteiger partial charge < -0.3 is 4.90 Å². The van der Waals surface area contributed by atoms with Crippen LogP contribution in [-0.2, 0) is 10.0 Å². The van der Waals surface area contributed by atoms with Crippen LogP contribution in [0.15, 0.2) is 23.1 Å². The monoisotopic (exact) mass is 400 g/mol. The summed E-state index contributed by atoms with van der Waals surface area (Å²) in [6, 6.07) is 4.75. The summed E-state index contributed by atoms with van der Waals surface area (Å²) in [5.41, 5.74) is 0.367. The van der Waals surface area contributed by atoms with Crippen LogP contribution in [0.2, 0.25) is 5.02 Å². The number of sulfonamides is 1. The van der Waals surface area contributed by atoms with E-state index in [0.717, 1.165) is 25.7 Å². The van der Waals surface area contributed by atoms with Crippen molar-refractivity contribution in [1.82, 2.24) is 9.21 Å². The maximum atomic E-state index is 12.9. The normalized spacial score (nSPS) is 16.5. The van der Waals surface area contributed by atoms with Crippen LogP contribution in [0.5, 0.6) is 0 Å². The van der Waals surface area contributed by atoms with E-state index in [9.17, 15) is 13.2 Å². The average Bonchev–Trinajstić information content (AvgIpc) is 2.91. The number of rotatable bonds is 6. The SMILES string of the molecule is CCN(CC)S(=O)(=O)c1cc(C(=O)N(C)C2CCCCCC2)ccc1Cl. The quantitative estimate of drug-likeness (QED) is 0.673. The van der Waals surface area contributed by atoms with Crippen molar-refractivity contribution in [3.05, 3.63) is 28.8 Å². The molecule has 0 heterocycles. The van der Waals surface area contributed by atoms with Crippen molar-refractivity contribution in [2.45, 2.75) is 63.3 Å². The van der Waals surface area contributed by atoms with Crippen LogP contribution in [0.25, 0.3) is 0 Å². The molecule has 0 atom stereocenters. The molecule has 5 nitrogen and oxygen atoms in total. The Morgan fingerprint density at radius 3 is 2.23 bits per heavy atom. The average molecular weight is 401 g/mol. The first-order valence-corrected chi connectivity index (χ1v) is 11.2. The molecule has 2 rings (SSSR count). The van der Waals surface area contributed by atoms with Gasteiger partial charge in [-0.2, -0.15) is 4.31 Å². The Hall–Kier alpha value is -1.11. The third kappa shape index (κ3) is 4.59. The molecule has 1 aromatic rings. The summed E-state index contributed by atoms with van der Waals surface area (Å²) in [6.45, 7) is 4.28. The Labute approximate surface area is 162 Å². The van der Waals surface area contributed by atoms with Crippen LogP contribution in [0.1, 0.15) is 62.7 Å². The molecule has 1 saturated carbocycles. The highest BCUT2D eigenvalue weighted by molar-refractivity contribution is 7.89. The van der Waals surface area contributed by atoms with Gasteiger partial charge in [0.2, 0.25) is 10.0 Å². The Morgan fingerprint density at radius 2 is 1.69 bits per heavy atom.